The van der Waals surface area contributed by atoms with Crippen molar-refractivity contribution in [3.63, 3.8) is 0 Å². The molecule has 6 heteroatoms. The zero-order valence-electron chi connectivity index (χ0n) is 10.5. The van der Waals surface area contributed by atoms with Crippen LogP contribution in [0.1, 0.15) is 12.8 Å². The van der Waals surface area contributed by atoms with Gasteiger partial charge in [-0.3, -0.25) is 0 Å². The summed E-state index contributed by atoms with van der Waals surface area (Å²) in [6, 6.07) is 4.72. The predicted octanol–water partition coefficient (Wildman–Crippen LogP) is 1.94. The van der Waals surface area contributed by atoms with Crippen LogP contribution in [0.4, 0.5) is 8.78 Å². The van der Waals surface area contributed by atoms with Crippen LogP contribution in [0.5, 0.6) is 0 Å². The summed E-state index contributed by atoms with van der Waals surface area (Å²) in [5.41, 5.74) is 0. The van der Waals surface area contributed by atoms with E-state index in [4.69, 9.17) is 0 Å². The van der Waals surface area contributed by atoms with Gasteiger partial charge in [0.15, 0.2) is 9.84 Å². The second-order valence-electron chi connectivity index (χ2n) is 4.84. The molecule has 2 rings (SSSR count). The van der Waals surface area contributed by atoms with Crippen LogP contribution in [-0.2, 0) is 9.84 Å². The van der Waals surface area contributed by atoms with Crippen LogP contribution in [0.3, 0.4) is 0 Å². The van der Waals surface area contributed by atoms with Crippen LogP contribution in [0.25, 0.3) is 0 Å². The molecule has 0 saturated carbocycles. The van der Waals surface area contributed by atoms with Crippen LogP contribution in [0.15, 0.2) is 29.2 Å². The lowest BCUT2D eigenvalue weighted by Gasteiger charge is -2.25. The third kappa shape index (κ3) is 3.73. The summed E-state index contributed by atoms with van der Waals surface area (Å²) in [4.78, 5) is -0.149. The van der Waals surface area contributed by atoms with E-state index in [9.17, 15) is 17.2 Å². The first-order valence-corrected chi connectivity index (χ1v) is 7.97. The van der Waals surface area contributed by atoms with E-state index in [0.717, 1.165) is 6.07 Å². The molecule has 1 N–H and O–H groups in total. The molecule has 1 fully saturated rings. The van der Waals surface area contributed by atoms with Crippen molar-refractivity contribution < 1.29 is 17.2 Å². The quantitative estimate of drug-likeness (QED) is 0.921. The minimum Gasteiger partial charge on any atom is -0.317 e. The third-order valence-electron chi connectivity index (χ3n) is 3.43. The Hall–Kier alpha value is -1.01. The third-order valence-corrected chi connectivity index (χ3v) is 5.16. The Morgan fingerprint density at radius 3 is 2.63 bits per heavy atom. The SMILES string of the molecule is O=S(=O)(C[C@@H](F)C1CCNCC1)c1cccc(F)c1. The van der Waals surface area contributed by atoms with Gasteiger partial charge < -0.3 is 5.32 Å². The Labute approximate surface area is 111 Å². The molecule has 1 aromatic rings. The molecular weight excluding hydrogens is 272 g/mol. The van der Waals surface area contributed by atoms with Crippen molar-refractivity contribution in [2.75, 3.05) is 18.8 Å². The maximum absolute atomic E-state index is 14.1. The van der Waals surface area contributed by atoms with Gasteiger partial charge in [0.2, 0.25) is 0 Å². The molecule has 1 aliphatic rings. The van der Waals surface area contributed by atoms with Gasteiger partial charge in [-0.2, -0.15) is 0 Å². The molecule has 1 atom stereocenters. The first-order chi connectivity index (χ1) is 8.99. The summed E-state index contributed by atoms with van der Waals surface area (Å²) in [5.74, 6) is -1.43. The fourth-order valence-corrected chi connectivity index (χ4v) is 3.77. The monoisotopic (exact) mass is 289 g/mol. The molecule has 1 aliphatic heterocycles. The first kappa shape index (κ1) is 14.4. The van der Waals surface area contributed by atoms with Crippen molar-refractivity contribution >= 4 is 9.84 Å². The predicted molar refractivity (Wildman–Crippen MR) is 68.9 cm³/mol. The fourth-order valence-electron chi connectivity index (χ4n) is 2.31. The van der Waals surface area contributed by atoms with Crippen molar-refractivity contribution in [1.29, 1.82) is 0 Å². The van der Waals surface area contributed by atoms with E-state index in [1.54, 1.807) is 0 Å². The Kier molecular flexibility index (Phi) is 4.52. The Morgan fingerprint density at radius 1 is 1.32 bits per heavy atom. The van der Waals surface area contributed by atoms with Crippen LogP contribution in [0.2, 0.25) is 0 Å². The Bertz CT molecular complexity index is 527. The van der Waals surface area contributed by atoms with Gasteiger partial charge in [0.25, 0.3) is 0 Å². The summed E-state index contributed by atoms with van der Waals surface area (Å²) in [6.45, 7) is 1.43. The van der Waals surface area contributed by atoms with E-state index in [1.807, 2.05) is 0 Å². The van der Waals surface area contributed by atoms with Crippen molar-refractivity contribution in [2.45, 2.75) is 23.9 Å². The second-order valence-corrected chi connectivity index (χ2v) is 6.88. The van der Waals surface area contributed by atoms with Gasteiger partial charge >= 0.3 is 0 Å². The van der Waals surface area contributed by atoms with E-state index in [-0.39, 0.29) is 10.8 Å². The average molecular weight is 289 g/mol. The van der Waals surface area contributed by atoms with Gasteiger partial charge in [-0.1, -0.05) is 6.07 Å². The highest BCUT2D eigenvalue weighted by Crippen LogP contribution is 2.23. The molecule has 0 amide bonds. The number of sulfone groups is 1. The number of nitrogens with one attached hydrogen (secondary N) is 1. The molecule has 1 aromatic carbocycles. The molecule has 0 aromatic heterocycles. The molecule has 3 nitrogen and oxygen atoms in total. The van der Waals surface area contributed by atoms with Crippen LogP contribution in [-0.4, -0.2) is 33.4 Å². The zero-order chi connectivity index (χ0) is 13.9. The van der Waals surface area contributed by atoms with Gasteiger partial charge in [-0.25, -0.2) is 17.2 Å². The number of hydrogen-bond acceptors (Lipinski definition) is 3. The van der Waals surface area contributed by atoms with Gasteiger partial charge in [0.1, 0.15) is 12.0 Å². The van der Waals surface area contributed by atoms with Crippen molar-refractivity contribution in [3.05, 3.63) is 30.1 Å². The molecule has 0 radical (unpaired) electrons. The Morgan fingerprint density at radius 2 is 2.00 bits per heavy atom. The zero-order valence-corrected chi connectivity index (χ0v) is 11.3. The number of hydrogen-bond donors (Lipinski definition) is 1. The number of halogens is 2. The number of alkyl halides is 1. The molecular formula is C13H17F2NO2S. The highest BCUT2D eigenvalue weighted by atomic mass is 32.2. The summed E-state index contributed by atoms with van der Waals surface area (Å²) >= 11 is 0. The molecule has 0 bridgehead atoms. The van der Waals surface area contributed by atoms with Crippen LogP contribution < -0.4 is 5.32 Å². The maximum atomic E-state index is 14.1. The summed E-state index contributed by atoms with van der Waals surface area (Å²) in [6.07, 6.45) is -0.116. The average Bonchev–Trinajstić information content (AvgIpc) is 2.39. The normalized spacial score (nSPS) is 19.3. The number of piperidine rings is 1. The lowest BCUT2D eigenvalue weighted by atomic mass is 9.94. The standard InChI is InChI=1S/C13H17F2NO2S/c14-11-2-1-3-12(8-11)19(17,18)9-13(15)10-4-6-16-7-5-10/h1-3,8,10,13,16H,4-7,9H2/t13-/m1/s1. The number of rotatable bonds is 4. The van der Waals surface area contributed by atoms with Gasteiger partial charge in [0, 0.05) is 0 Å². The minimum absolute atomic E-state index is 0.149. The number of benzene rings is 1. The van der Waals surface area contributed by atoms with Crippen molar-refractivity contribution in [3.8, 4) is 0 Å². The molecule has 0 aliphatic carbocycles. The Balaban J connectivity index is 2.08. The lowest BCUT2D eigenvalue weighted by Crippen LogP contribution is -2.35. The lowest BCUT2D eigenvalue weighted by molar-refractivity contribution is 0.207. The van der Waals surface area contributed by atoms with Crippen LogP contribution >= 0.6 is 0 Å². The maximum Gasteiger partial charge on any atom is 0.181 e. The molecule has 0 spiro atoms. The minimum atomic E-state index is -3.77. The molecule has 106 valence electrons. The van der Waals surface area contributed by atoms with E-state index in [1.165, 1.54) is 18.2 Å². The largest absolute Gasteiger partial charge is 0.317 e. The molecule has 0 unspecified atom stereocenters. The molecule has 1 saturated heterocycles. The smallest absolute Gasteiger partial charge is 0.181 e. The first-order valence-electron chi connectivity index (χ1n) is 6.32. The summed E-state index contributed by atoms with van der Waals surface area (Å²) in [7, 11) is -3.77. The fraction of sp³-hybridized carbons (Fsp3) is 0.538. The highest BCUT2D eigenvalue weighted by molar-refractivity contribution is 7.91. The highest BCUT2D eigenvalue weighted by Gasteiger charge is 2.29. The van der Waals surface area contributed by atoms with Gasteiger partial charge in [-0.15, -0.1) is 0 Å². The summed E-state index contributed by atoms with van der Waals surface area (Å²) in [5, 5.41) is 3.11. The topological polar surface area (TPSA) is 46.2 Å². The van der Waals surface area contributed by atoms with Crippen molar-refractivity contribution in [2.24, 2.45) is 5.92 Å². The van der Waals surface area contributed by atoms with Crippen molar-refractivity contribution in [1.82, 2.24) is 5.32 Å². The molecule has 19 heavy (non-hydrogen) atoms. The summed E-state index contributed by atoms with van der Waals surface area (Å²) < 4.78 is 51.1. The van der Waals surface area contributed by atoms with Gasteiger partial charge in [0.05, 0.1) is 10.6 Å². The van der Waals surface area contributed by atoms with E-state index >= 15 is 0 Å². The molecule has 1 heterocycles. The van der Waals surface area contributed by atoms with E-state index in [2.05, 4.69) is 5.32 Å². The van der Waals surface area contributed by atoms with E-state index < -0.39 is 27.6 Å². The van der Waals surface area contributed by atoms with Gasteiger partial charge in [-0.05, 0) is 50.0 Å². The van der Waals surface area contributed by atoms with E-state index in [0.29, 0.717) is 25.9 Å². The second kappa shape index (κ2) is 5.96. The van der Waals surface area contributed by atoms with Crippen LogP contribution in [0, 0.1) is 11.7 Å².